The number of sulfonamides is 1. The Balaban J connectivity index is 1.73. The summed E-state index contributed by atoms with van der Waals surface area (Å²) >= 11 is 4.01. The maximum Gasteiger partial charge on any atom is 0.224 e. The zero-order valence-corrected chi connectivity index (χ0v) is 26.0. The zero-order valence-electron chi connectivity index (χ0n) is 23.5. The molecule has 1 aliphatic heterocycles. The summed E-state index contributed by atoms with van der Waals surface area (Å²) in [4.78, 5) is 0. The van der Waals surface area contributed by atoms with E-state index in [1.165, 1.54) is 31.2 Å². The van der Waals surface area contributed by atoms with Gasteiger partial charge in [0, 0.05) is 32.6 Å². The molecule has 0 aromatic heterocycles. The lowest BCUT2D eigenvalue weighted by Gasteiger charge is -2.38. The summed E-state index contributed by atoms with van der Waals surface area (Å²) in [5.41, 5.74) is 2.34. The molecular formula is C29H46N2O4S3. The van der Waals surface area contributed by atoms with Crippen molar-refractivity contribution in [2.75, 3.05) is 51.4 Å². The van der Waals surface area contributed by atoms with Gasteiger partial charge in [-0.05, 0) is 55.4 Å². The fourth-order valence-electron chi connectivity index (χ4n) is 4.59. The second-order valence-corrected chi connectivity index (χ2v) is 15.0. The molecule has 1 unspecified atom stereocenters. The smallest absolute Gasteiger partial charge is 0.224 e. The summed E-state index contributed by atoms with van der Waals surface area (Å²) in [5.74, 6) is 3.65. The highest BCUT2D eigenvalue weighted by molar-refractivity contribution is 8.16. The highest BCUT2D eigenvalue weighted by Crippen LogP contribution is 2.43. The first-order valence-corrected chi connectivity index (χ1v) is 17.5. The molecule has 1 fully saturated rings. The number of rotatable bonds is 16. The summed E-state index contributed by atoms with van der Waals surface area (Å²) in [6.45, 7) is 9.14. The molecule has 38 heavy (non-hydrogen) atoms. The quantitative estimate of drug-likeness (QED) is 0.178. The molecule has 1 aromatic carbocycles. The average molecular weight is 583 g/mol. The van der Waals surface area contributed by atoms with Gasteiger partial charge in [-0.25, -0.2) is 8.42 Å². The maximum atomic E-state index is 13.8. The van der Waals surface area contributed by atoms with E-state index >= 15 is 0 Å². The van der Waals surface area contributed by atoms with E-state index in [0.717, 1.165) is 17.1 Å². The molecule has 0 amide bonds. The molecule has 9 heteroatoms. The summed E-state index contributed by atoms with van der Waals surface area (Å²) in [6.07, 6.45) is 11.5. The van der Waals surface area contributed by atoms with Crippen molar-refractivity contribution in [3.8, 4) is 11.5 Å². The van der Waals surface area contributed by atoms with Crippen LogP contribution in [0, 0.1) is 0 Å². The second-order valence-electron chi connectivity index (χ2n) is 9.99. The van der Waals surface area contributed by atoms with E-state index in [1.807, 2.05) is 54.7 Å². The predicted octanol–water partition coefficient (Wildman–Crippen LogP) is 6.41. The van der Waals surface area contributed by atoms with Gasteiger partial charge in [0.1, 0.15) is 4.75 Å². The van der Waals surface area contributed by atoms with E-state index in [0.29, 0.717) is 55.1 Å². The highest BCUT2D eigenvalue weighted by Gasteiger charge is 2.45. The van der Waals surface area contributed by atoms with Crippen LogP contribution in [0.3, 0.4) is 0 Å². The normalized spacial score (nSPS) is 20.5. The van der Waals surface area contributed by atoms with Gasteiger partial charge in [-0.3, -0.25) is 0 Å². The van der Waals surface area contributed by atoms with Gasteiger partial charge in [0.05, 0.1) is 18.3 Å². The van der Waals surface area contributed by atoms with E-state index in [1.54, 1.807) is 11.4 Å². The van der Waals surface area contributed by atoms with Crippen LogP contribution in [0.5, 0.6) is 11.5 Å². The van der Waals surface area contributed by atoms with Gasteiger partial charge in [0.2, 0.25) is 10.0 Å². The molecule has 1 atom stereocenters. The molecule has 0 spiro atoms. The van der Waals surface area contributed by atoms with Crippen LogP contribution in [0.1, 0.15) is 69.4 Å². The molecule has 0 bridgehead atoms. The standard InChI is InChI=1S/C29H46N2O4S3/c1-5-7-21-36-28(37-22-8-6-2)25-9-10-26(27(23-25)34-4)35-20-15-29(13-11-24(3)12-14-29)38(32,33)31-18-16-30-17-19-31/h9-13,23,28,30H,5-8,14-22H2,1-4H3. The molecule has 3 rings (SSSR count). The predicted molar refractivity (Wildman–Crippen MR) is 164 cm³/mol. The Bertz CT molecular complexity index is 1030. The third-order valence-electron chi connectivity index (χ3n) is 7.13. The maximum absolute atomic E-state index is 13.8. The number of hydrogen-bond acceptors (Lipinski definition) is 7. The monoisotopic (exact) mass is 582 g/mol. The largest absolute Gasteiger partial charge is 0.493 e. The molecule has 1 aliphatic carbocycles. The fraction of sp³-hybridized carbons (Fsp3) is 0.655. The number of benzene rings is 1. The van der Waals surface area contributed by atoms with Crippen molar-refractivity contribution in [2.24, 2.45) is 0 Å². The third-order valence-corrected chi connectivity index (χ3v) is 12.7. The lowest BCUT2D eigenvalue weighted by atomic mass is 9.93. The number of nitrogens with zero attached hydrogens (tertiary/aromatic N) is 1. The van der Waals surface area contributed by atoms with Gasteiger partial charge in [0.15, 0.2) is 11.5 Å². The van der Waals surface area contributed by atoms with Crippen LogP contribution in [0.2, 0.25) is 0 Å². The number of allylic oxidation sites excluding steroid dienone is 3. The van der Waals surface area contributed by atoms with E-state index < -0.39 is 14.8 Å². The molecule has 1 aromatic rings. The van der Waals surface area contributed by atoms with Crippen molar-refractivity contribution < 1.29 is 17.9 Å². The van der Waals surface area contributed by atoms with Gasteiger partial charge in [-0.15, -0.1) is 23.5 Å². The Hall–Kier alpha value is -1.13. The Kier molecular flexibility index (Phi) is 12.9. The van der Waals surface area contributed by atoms with Crippen LogP contribution in [0.25, 0.3) is 0 Å². The Morgan fingerprint density at radius 2 is 1.76 bits per heavy atom. The van der Waals surface area contributed by atoms with E-state index in [4.69, 9.17) is 9.47 Å². The van der Waals surface area contributed by atoms with E-state index in [9.17, 15) is 8.42 Å². The van der Waals surface area contributed by atoms with Crippen molar-refractivity contribution in [3.05, 3.63) is 47.6 Å². The average Bonchev–Trinajstić information content (AvgIpc) is 2.94. The lowest BCUT2D eigenvalue weighted by Crippen LogP contribution is -2.54. The molecule has 214 valence electrons. The van der Waals surface area contributed by atoms with Crippen molar-refractivity contribution >= 4 is 33.5 Å². The molecular weight excluding hydrogens is 537 g/mol. The topological polar surface area (TPSA) is 67.9 Å². The van der Waals surface area contributed by atoms with Crippen LogP contribution in [-0.4, -0.2) is 68.9 Å². The second kappa shape index (κ2) is 15.6. The van der Waals surface area contributed by atoms with E-state index in [2.05, 4.69) is 31.3 Å². The zero-order chi connectivity index (χ0) is 27.4. The molecule has 1 saturated heterocycles. The molecule has 1 N–H and O–H groups in total. The van der Waals surface area contributed by atoms with Crippen molar-refractivity contribution in [2.45, 2.75) is 68.6 Å². The Labute approximate surface area is 239 Å². The molecule has 0 radical (unpaired) electrons. The lowest BCUT2D eigenvalue weighted by molar-refractivity contribution is 0.272. The Morgan fingerprint density at radius 3 is 2.34 bits per heavy atom. The van der Waals surface area contributed by atoms with Crippen LogP contribution in [-0.2, 0) is 10.0 Å². The number of hydrogen-bond donors (Lipinski definition) is 1. The minimum atomic E-state index is -3.54. The summed E-state index contributed by atoms with van der Waals surface area (Å²) in [7, 11) is -1.87. The minimum absolute atomic E-state index is 0.290. The summed E-state index contributed by atoms with van der Waals surface area (Å²) in [6, 6.07) is 6.22. The van der Waals surface area contributed by atoms with Crippen LogP contribution >= 0.6 is 23.5 Å². The van der Waals surface area contributed by atoms with Crippen LogP contribution in [0.15, 0.2) is 42.0 Å². The number of methoxy groups -OCH3 is 1. The number of nitrogens with one attached hydrogen (secondary N) is 1. The van der Waals surface area contributed by atoms with Gasteiger partial charge in [-0.1, -0.05) is 56.6 Å². The number of thioether (sulfide) groups is 2. The number of piperazine rings is 1. The first-order valence-electron chi connectivity index (χ1n) is 14.0. The van der Waals surface area contributed by atoms with Gasteiger partial charge >= 0.3 is 0 Å². The SMILES string of the molecule is CCCCSC(SCCCC)c1ccc(OCCC2(S(=O)(=O)N3CCNCC3)C=CC(C)=CC2)c(OC)c1. The summed E-state index contributed by atoms with van der Waals surface area (Å²) < 4.78 is 40.6. The molecule has 6 nitrogen and oxygen atoms in total. The van der Waals surface area contributed by atoms with Gasteiger partial charge in [-0.2, -0.15) is 4.31 Å². The Morgan fingerprint density at radius 1 is 1.08 bits per heavy atom. The van der Waals surface area contributed by atoms with E-state index in [-0.39, 0.29) is 6.61 Å². The van der Waals surface area contributed by atoms with Crippen molar-refractivity contribution in [1.29, 1.82) is 0 Å². The van der Waals surface area contributed by atoms with Gasteiger partial charge in [0.25, 0.3) is 0 Å². The molecule has 2 aliphatic rings. The summed E-state index contributed by atoms with van der Waals surface area (Å²) in [5, 5.41) is 3.25. The highest BCUT2D eigenvalue weighted by atomic mass is 32.2. The molecule has 1 heterocycles. The van der Waals surface area contributed by atoms with Crippen LogP contribution < -0.4 is 14.8 Å². The fourth-order valence-corrected chi connectivity index (χ4v) is 9.63. The van der Waals surface area contributed by atoms with Crippen molar-refractivity contribution in [1.82, 2.24) is 9.62 Å². The van der Waals surface area contributed by atoms with Crippen molar-refractivity contribution in [3.63, 3.8) is 0 Å². The van der Waals surface area contributed by atoms with Crippen LogP contribution in [0.4, 0.5) is 0 Å². The molecule has 0 saturated carbocycles. The van der Waals surface area contributed by atoms with Gasteiger partial charge < -0.3 is 14.8 Å². The third kappa shape index (κ3) is 8.19. The first-order chi connectivity index (χ1) is 18.4. The number of ether oxygens (including phenoxy) is 2. The number of unbranched alkanes of at least 4 members (excludes halogenated alkanes) is 2. The minimum Gasteiger partial charge on any atom is -0.493 e. The first kappa shape index (κ1) is 31.4.